The van der Waals surface area contributed by atoms with E-state index in [1.54, 1.807) is 12.1 Å². The monoisotopic (exact) mass is 478 g/mol. The largest absolute Gasteiger partial charge is 0.488 e. The fraction of sp³-hybridized carbons (Fsp3) is 0.0500. The van der Waals surface area contributed by atoms with E-state index in [-0.39, 0.29) is 4.90 Å². The molecule has 0 unspecified atom stereocenters. The number of ether oxygens (including phenoxy) is 1. The molecule has 0 aliphatic carbocycles. The number of sulfonamides is 1. The highest BCUT2D eigenvalue weighted by atomic mass is 79.9. The first-order valence-corrected chi connectivity index (χ1v) is 10.9. The molecule has 1 N–H and O–H groups in total. The van der Waals surface area contributed by atoms with E-state index in [1.165, 1.54) is 30.5 Å². The Morgan fingerprint density at radius 3 is 2.39 bits per heavy atom. The summed E-state index contributed by atoms with van der Waals surface area (Å²) in [6, 6.07) is 20.9. The van der Waals surface area contributed by atoms with Crippen molar-refractivity contribution in [3.05, 3.63) is 93.4 Å². The third-order valence-corrected chi connectivity index (χ3v) is 5.75. The summed E-state index contributed by atoms with van der Waals surface area (Å²) in [7, 11) is -3.77. The topological polar surface area (TPSA) is 67.8 Å². The third kappa shape index (κ3) is 5.58. The molecule has 144 valence electrons. The fourth-order valence-electron chi connectivity index (χ4n) is 2.29. The molecule has 0 bridgehead atoms. The van der Waals surface area contributed by atoms with Crippen molar-refractivity contribution in [2.45, 2.75) is 11.5 Å². The molecule has 0 radical (unpaired) electrons. The molecule has 0 saturated heterocycles. The molecule has 0 amide bonds. The molecule has 5 nitrogen and oxygen atoms in total. The molecule has 28 heavy (non-hydrogen) atoms. The van der Waals surface area contributed by atoms with Gasteiger partial charge in [0, 0.05) is 15.1 Å². The summed E-state index contributed by atoms with van der Waals surface area (Å²) in [5, 5.41) is 4.31. The summed E-state index contributed by atoms with van der Waals surface area (Å²) >= 11 is 9.18. The quantitative estimate of drug-likeness (QED) is 0.383. The summed E-state index contributed by atoms with van der Waals surface area (Å²) in [5.74, 6) is 0.597. The zero-order valence-electron chi connectivity index (χ0n) is 14.5. The summed E-state index contributed by atoms with van der Waals surface area (Å²) in [6.45, 7) is 0.384. The van der Waals surface area contributed by atoms with Gasteiger partial charge in [-0.2, -0.15) is 13.5 Å². The van der Waals surface area contributed by atoms with Gasteiger partial charge in [-0.25, -0.2) is 4.83 Å². The Balaban J connectivity index is 1.68. The summed E-state index contributed by atoms with van der Waals surface area (Å²) in [5.41, 5.74) is 1.66. The maximum Gasteiger partial charge on any atom is 0.276 e. The number of para-hydroxylation sites is 1. The van der Waals surface area contributed by atoms with Crippen molar-refractivity contribution in [3.8, 4) is 5.75 Å². The Labute approximate surface area is 177 Å². The van der Waals surface area contributed by atoms with E-state index in [0.717, 1.165) is 10.0 Å². The van der Waals surface area contributed by atoms with Crippen LogP contribution in [0.25, 0.3) is 0 Å². The average molecular weight is 480 g/mol. The molecule has 3 aromatic rings. The lowest BCUT2D eigenvalue weighted by Gasteiger charge is -2.09. The second-order valence-electron chi connectivity index (χ2n) is 5.76. The molecule has 0 atom stereocenters. The van der Waals surface area contributed by atoms with Crippen LogP contribution in [0.1, 0.15) is 11.1 Å². The van der Waals surface area contributed by atoms with Gasteiger partial charge in [0.25, 0.3) is 10.0 Å². The molecule has 0 aromatic heterocycles. The first-order valence-electron chi connectivity index (χ1n) is 8.21. The molecular weight excluding hydrogens is 464 g/mol. The standard InChI is InChI=1S/C20H16BrClN2O3S/c21-17-7-5-15(6-8-17)14-27-20-4-2-1-3-16(20)13-23-24-28(25,26)19-11-9-18(22)10-12-19/h1-13,24H,14H2/b23-13+. The van der Waals surface area contributed by atoms with Crippen LogP contribution in [0.2, 0.25) is 5.02 Å². The highest BCUT2D eigenvalue weighted by Gasteiger charge is 2.12. The Morgan fingerprint density at radius 2 is 1.68 bits per heavy atom. The lowest BCUT2D eigenvalue weighted by atomic mass is 10.2. The summed E-state index contributed by atoms with van der Waals surface area (Å²) in [6.07, 6.45) is 1.41. The van der Waals surface area contributed by atoms with Gasteiger partial charge in [0.15, 0.2) is 0 Å². The van der Waals surface area contributed by atoms with E-state index in [2.05, 4.69) is 25.9 Å². The van der Waals surface area contributed by atoms with E-state index in [1.807, 2.05) is 36.4 Å². The Morgan fingerprint density at radius 1 is 1.00 bits per heavy atom. The van der Waals surface area contributed by atoms with E-state index in [9.17, 15) is 8.42 Å². The maximum atomic E-state index is 12.3. The van der Waals surface area contributed by atoms with E-state index in [0.29, 0.717) is 22.9 Å². The predicted molar refractivity (Wildman–Crippen MR) is 114 cm³/mol. The first-order chi connectivity index (χ1) is 13.4. The highest BCUT2D eigenvalue weighted by Crippen LogP contribution is 2.19. The zero-order valence-corrected chi connectivity index (χ0v) is 17.7. The van der Waals surface area contributed by atoms with Crippen molar-refractivity contribution in [1.82, 2.24) is 4.83 Å². The van der Waals surface area contributed by atoms with Gasteiger partial charge < -0.3 is 4.74 Å². The number of hydrazone groups is 1. The second-order valence-corrected chi connectivity index (χ2v) is 8.77. The summed E-state index contributed by atoms with van der Waals surface area (Å²) < 4.78 is 31.3. The maximum absolute atomic E-state index is 12.3. The SMILES string of the molecule is O=S(=O)(N/N=C/c1ccccc1OCc1ccc(Br)cc1)c1ccc(Cl)cc1. The van der Waals surface area contributed by atoms with Crippen LogP contribution in [0.5, 0.6) is 5.75 Å². The molecule has 0 heterocycles. The van der Waals surface area contributed by atoms with Gasteiger partial charge in [-0.15, -0.1) is 0 Å². The van der Waals surface area contributed by atoms with Crippen LogP contribution in [0, 0.1) is 0 Å². The summed E-state index contributed by atoms with van der Waals surface area (Å²) in [4.78, 5) is 2.27. The zero-order chi connectivity index (χ0) is 20.0. The molecular formula is C20H16BrClN2O3S. The molecule has 3 aromatic carbocycles. The van der Waals surface area contributed by atoms with Crippen molar-refractivity contribution in [3.63, 3.8) is 0 Å². The highest BCUT2D eigenvalue weighted by molar-refractivity contribution is 9.10. The van der Waals surface area contributed by atoms with E-state index in [4.69, 9.17) is 16.3 Å². The minimum atomic E-state index is -3.77. The number of nitrogens with one attached hydrogen (secondary N) is 1. The van der Waals surface area contributed by atoms with Gasteiger partial charge >= 0.3 is 0 Å². The van der Waals surface area contributed by atoms with Gasteiger partial charge in [-0.3, -0.25) is 0 Å². The predicted octanol–water partition coefficient (Wildman–Crippen LogP) is 4.99. The first kappa shape index (κ1) is 20.4. The Bertz CT molecular complexity index is 1070. The minimum Gasteiger partial charge on any atom is -0.488 e. The van der Waals surface area contributed by atoms with Crippen LogP contribution in [0.15, 0.2) is 87.3 Å². The van der Waals surface area contributed by atoms with Crippen LogP contribution in [0.3, 0.4) is 0 Å². The van der Waals surface area contributed by atoms with Crippen LogP contribution in [-0.4, -0.2) is 14.6 Å². The van der Waals surface area contributed by atoms with Gasteiger partial charge in [0.05, 0.1) is 11.1 Å². The average Bonchev–Trinajstić information content (AvgIpc) is 2.69. The van der Waals surface area contributed by atoms with Gasteiger partial charge in [0.2, 0.25) is 0 Å². The van der Waals surface area contributed by atoms with Crippen LogP contribution in [0.4, 0.5) is 0 Å². The van der Waals surface area contributed by atoms with Crippen molar-refractivity contribution in [1.29, 1.82) is 0 Å². The van der Waals surface area contributed by atoms with E-state index >= 15 is 0 Å². The van der Waals surface area contributed by atoms with Gasteiger partial charge in [-0.05, 0) is 54.1 Å². The van der Waals surface area contributed by atoms with E-state index < -0.39 is 10.0 Å². The number of hydrogen-bond donors (Lipinski definition) is 1. The smallest absolute Gasteiger partial charge is 0.276 e. The van der Waals surface area contributed by atoms with Crippen LogP contribution in [-0.2, 0) is 16.6 Å². The second kappa shape index (κ2) is 9.23. The lowest BCUT2D eigenvalue weighted by molar-refractivity contribution is 0.306. The number of hydrogen-bond acceptors (Lipinski definition) is 4. The minimum absolute atomic E-state index is 0.0776. The number of nitrogens with zero attached hydrogens (tertiary/aromatic N) is 1. The molecule has 0 saturated carbocycles. The number of rotatable bonds is 7. The van der Waals surface area contributed by atoms with Crippen molar-refractivity contribution in [2.75, 3.05) is 0 Å². The van der Waals surface area contributed by atoms with Crippen molar-refractivity contribution >= 4 is 43.8 Å². The molecule has 0 spiro atoms. The normalized spacial score (nSPS) is 11.5. The lowest BCUT2D eigenvalue weighted by Crippen LogP contribution is -2.18. The van der Waals surface area contributed by atoms with Crippen LogP contribution < -0.4 is 9.57 Å². The Kier molecular flexibility index (Phi) is 6.72. The van der Waals surface area contributed by atoms with Crippen molar-refractivity contribution in [2.24, 2.45) is 5.10 Å². The fourth-order valence-corrected chi connectivity index (χ4v) is 3.47. The molecule has 0 aliphatic heterocycles. The molecule has 3 rings (SSSR count). The molecule has 0 aliphatic rings. The van der Waals surface area contributed by atoms with Crippen LogP contribution >= 0.6 is 27.5 Å². The third-order valence-electron chi connectivity index (χ3n) is 3.73. The van der Waals surface area contributed by atoms with Gasteiger partial charge in [-0.1, -0.05) is 51.8 Å². The van der Waals surface area contributed by atoms with Crippen molar-refractivity contribution < 1.29 is 13.2 Å². The van der Waals surface area contributed by atoms with Gasteiger partial charge in [0.1, 0.15) is 12.4 Å². The molecule has 0 fully saturated rings. The number of benzene rings is 3. The Hall–Kier alpha value is -2.35. The molecule has 8 heteroatoms. The number of halogens is 2.